The Morgan fingerprint density at radius 2 is 2.05 bits per heavy atom. The van der Waals surface area contributed by atoms with Crippen LogP contribution in [0.2, 0.25) is 0 Å². The van der Waals surface area contributed by atoms with E-state index in [1.807, 2.05) is 6.92 Å². The van der Waals surface area contributed by atoms with Crippen LogP contribution in [0, 0.1) is 0 Å². The van der Waals surface area contributed by atoms with E-state index in [-0.39, 0.29) is 30.8 Å². The lowest BCUT2D eigenvalue weighted by molar-refractivity contribution is -0.129. The Morgan fingerprint density at radius 3 is 2.68 bits per heavy atom. The summed E-state index contributed by atoms with van der Waals surface area (Å²) in [5.74, 6) is -0.257. The Hall–Kier alpha value is -1.60. The van der Waals surface area contributed by atoms with Crippen molar-refractivity contribution >= 4 is 24.2 Å². The summed E-state index contributed by atoms with van der Waals surface area (Å²) < 4.78 is 0. The van der Waals surface area contributed by atoms with E-state index in [0.717, 1.165) is 30.6 Å². The zero-order valence-electron chi connectivity index (χ0n) is 13.3. The van der Waals surface area contributed by atoms with Crippen LogP contribution in [0.5, 0.6) is 0 Å². The molecule has 1 aliphatic rings. The van der Waals surface area contributed by atoms with Crippen LogP contribution in [0.3, 0.4) is 0 Å². The molecule has 0 atom stereocenters. The molecule has 2 N–H and O–H groups in total. The molecule has 1 aromatic rings. The third-order valence-corrected chi connectivity index (χ3v) is 3.61. The van der Waals surface area contributed by atoms with Gasteiger partial charge in [0.05, 0.1) is 0 Å². The number of fused-ring (bicyclic) bond motifs is 1. The molecule has 1 aliphatic heterocycles. The average molecular weight is 330 g/mol. The monoisotopic (exact) mass is 329 g/mol. The van der Waals surface area contributed by atoms with E-state index in [1.54, 1.807) is 19.0 Å². The smallest absolute Gasteiger partial charge is 0.275 e. The summed E-state index contributed by atoms with van der Waals surface area (Å²) in [6.45, 7) is 4.17. The lowest BCUT2D eigenvalue weighted by Crippen LogP contribution is -2.41. The van der Waals surface area contributed by atoms with Crippen LogP contribution in [-0.4, -0.2) is 65.5 Å². The molecule has 0 saturated carbocycles. The van der Waals surface area contributed by atoms with Crippen molar-refractivity contribution in [3.05, 3.63) is 17.0 Å². The van der Waals surface area contributed by atoms with Crippen LogP contribution in [0.15, 0.2) is 0 Å². The van der Waals surface area contributed by atoms with Gasteiger partial charge in [-0.05, 0) is 6.42 Å². The Kier molecular flexibility index (Phi) is 6.83. The fraction of sp³-hybridized carbons (Fsp3) is 0.643. The van der Waals surface area contributed by atoms with Gasteiger partial charge < -0.3 is 15.1 Å². The molecule has 2 amide bonds. The molecule has 22 heavy (non-hydrogen) atoms. The second kappa shape index (κ2) is 8.14. The van der Waals surface area contributed by atoms with Crippen LogP contribution < -0.4 is 5.32 Å². The number of aromatic amines is 1. The highest BCUT2D eigenvalue weighted by Gasteiger charge is 2.26. The molecule has 7 nitrogen and oxygen atoms in total. The van der Waals surface area contributed by atoms with Gasteiger partial charge in [0.25, 0.3) is 5.91 Å². The maximum atomic E-state index is 12.7. The van der Waals surface area contributed by atoms with Gasteiger partial charge in [0.2, 0.25) is 5.91 Å². The van der Waals surface area contributed by atoms with E-state index in [2.05, 4.69) is 15.5 Å². The molecule has 124 valence electrons. The summed E-state index contributed by atoms with van der Waals surface area (Å²) in [6.07, 6.45) is 1.65. The molecule has 0 unspecified atom stereocenters. The Bertz CT molecular complexity index is 529. The normalized spacial score (nSPS) is 13.0. The number of hydrogen-bond donors (Lipinski definition) is 2. The van der Waals surface area contributed by atoms with E-state index in [9.17, 15) is 9.59 Å². The number of likely N-dealkylation sites (N-methyl/N-ethyl adjacent to an activating group) is 1. The van der Waals surface area contributed by atoms with Crippen LogP contribution >= 0.6 is 12.4 Å². The number of hydrogen-bond acceptors (Lipinski definition) is 4. The largest absolute Gasteiger partial charge is 0.347 e. The first-order valence-corrected chi connectivity index (χ1v) is 7.30. The van der Waals surface area contributed by atoms with Crippen molar-refractivity contribution in [2.24, 2.45) is 0 Å². The second-order valence-electron chi connectivity index (χ2n) is 5.47. The first-order chi connectivity index (χ1) is 10.0. The van der Waals surface area contributed by atoms with Crippen molar-refractivity contribution in [3.8, 4) is 0 Å². The number of carbonyl (C=O) groups excluding carboxylic acids is 2. The summed E-state index contributed by atoms with van der Waals surface area (Å²) in [7, 11) is 3.38. The zero-order chi connectivity index (χ0) is 15.4. The quantitative estimate of drug-likeness (QED) is 0.820. The number of H-pyrrole nitrogens is 1. The number of aromatic nitrogens is 2. The predicted molar refractivity (Wildman–Crippen MR) is 86.1 cm³/mol. The molecule has 0 radical (unpaired) electrons. The minimum atomic E-state index is -0.173. The first-order valence-electron chi connectivity index (χ1n) is 7.30. The van der Waals surface area contributed by atoms with E-state index in [1.165, 1.54) is 4.90 Å². The Labute approximate surface area is 136 Å². The van der Waals surface area contributed by atoms with Gasteiger partial charge in [-0.1, -0.05) is 6.92 Å². The molecular formula is C14H24ClN5O2. The van der Waals surface area contributed by atoms with Crippen molar-refractivity contribution < 1.29 is 9.59 Å². The van der Waals surface area contributed by atoms with Crippen molar-refractivity contribution in [1.82, 2.24) is 25.3 Å². The minimum Gasteiger partial charge on any atom is -0.347 e. The minimum absolute atomic E-state index is 0. The number of halogens is 1. The maximum Gasteiger partial charge on any atom is 0.275 e. The molecule has 0 aromatic carbocycles. The summed E-state index contributed by atoms with van der Waals surface area (Å²) in [5.41, 5.74) is 2.40. The topological polar surface area (TPSA) is 81.3 Å². The van der Waals surface area contributed by atoms with E-state index in [4.69, 9.17) is 0 Å². The highest BCUT2D eigenvalue weighted by Crippen LogP contribution is 2.17. The number of nitrogens with zero attached hydrogens (tertiary/aromatic N) is 3. The van der Waals surface area contributed by atoms with Crippen LogP contribution in [0.4, 0.5) is 0 Å². The van der Waals surface area contributed by atoms with Gasteiger partial charge >= 0.3 is 0 Å². The average Bonchev–Trinajstić information content (AvgIpc) is 2.89. The van der Waals surface area contributed by atoms with Gasteiger partial charge in [0.1, 0.15) is 6.54 Å². The van der Waals surface area contributed by atoms with E-state index in [0.29, 0.717) is 18.8 Å². The zero-order valence-corrected chi connectivity index (χ0v) is 14.1. The maximum absolute atomic E-state index is 12.7. The molecule has 2 rings (SSSR count). The number of rotatable bonds is 5. The Morgan fingerprint density at radius 1 is 1.32 bits per heavy atom. The fourth-order valence-electron chi connectivity index (χ4n) is 2.38. The summed E-state index contributed by atoms with van der Waals surface area (Å²) >= 11 is 0. The standard InChI is InChI=1S/C14H23N5O2.ClH/c1-4-7-19(9-12(20)18(2)3)14(21)13-10-8-15-6-5-11(10)16-17-13;/h15H,4-9H2,1-3H3,(H,16,17);1H. The molecule has 0 saturated heterocycles. The first kappa shape index (κ1) is 18.4. The van der Waals surface area contributed by atoms with Crippen LogP contribution in [-0.2, 0) is 17.8 Å². The molecule has 0 fully saturated rings. The van der Waals surface area contributed by atoms with Gasteiger partial charge in [-0.25, -0.2) is 0 Å². The van der Waals surface area contributed by atoms with E-state index < -0.39 is 0 Å². The van der Waals surface area contributed by atoms with Gasteiger partial charge in [-0.2, -0.15) is 5.10 Å². The predicted octanol–water partition coefficient (Wildman–Crippen LogP) is 0.418. The van der Waals surface area contributed by atoms with Gasteiger partial charge in [0.15, 0.2) is 5.69 Å². The SMILES string of the molecule is CCCN(CC(=O)N(C)C)C(=O)c1n[nH]c2c1CNCC2.Cl. The van der Waals surface area contributed by atoms with Gasteiger partial charge in [0, 0.05) is 51.4 Å². The molecule has 1 aromatic heterocycles. The third kappa shape index (κ3) is 3.98. The van der Waals surface area contributed by atoms with Crippen molar-refractivity contribution in [2.45, 2.75) is 26.3 Å². The third-order valence-electron chi connectivity index (χ3n) is 3.61. The highest BCUT2D eigenvalue weighted by molar-refractivity contribution is 5.96. The second-order valence-corrected chi connectivity index (χ2v) is 5.47. The Balaban J connectivity index is 0.00000242. The number of nitrogens with one attached hydrogen (secondary N) is 2. The van der Waals surface area contributed by atoms with Crippen molar-refractivity contribution in [1.29, 1.82) is 0 Å². The molecular weight excluding hydrogens is 306 g/mol. The van der Waals surface area contributed by atoms with E-state index >= 15 is 0 Å². The van der Waals surface area contributed by atoms with Crippen LogP contribution in [0.1, 0.15) is 35.1 Å². The summed E-state index contributed by atoms with van der Waals surface area (Å²) in [6, 6.07) is 0. The van der Waals surface area contributed by atoms with Crippen LogP contribution in [0.25, 0.3) is 0 Å². The molecule has 2 heterocycles. The lowest BCUT2D eigenvalue weighted by Gasteiger charge is -2.23. The lowest BCUT2D eigenvalue weighted by atomic mass is 10.1. The summed E-state index contributed by atoms with van der Waals surface area (Å²) in [5, 5.41) is 10.4. The van der Waals surface area contributed by atoms with Gasteiger partial charge in [-0.3, -0.25) is 14.7 Å². The fourth-order valence-corrected chi connectivity index (χ4v) is 2.38. The summed E-state index contributed by atoms with van der Waals surface area (Å²) in [4.78, 5) is 27.6. The molecule has 0 spiro atoms. The highest BCUT2D eigenvalue weighted by atomic mass is 35.5. The number of carbonyl (C=O) groups is 2. The van der Waals surface area contributed by atoms with Gasteiger partial charge in [-0.15, -0.1) is 12.4 Å². The molecule has 0 aliphatic carbocycles. The number of amides is 2. The molecule has 8 heteroatoms. The molecule has 0 bridgehead atoms. The van der Waals surface area contributed by atoms with Crippen molar-refractivity contribution in [3.63, 3.8) is 0 Å². The van der Waals surface area contributed by atoms with Crippen molar-refractivity contribution in [2.75, 3.05) is 33.7 Å².